The van der Waals surface area contributed by atoms with E-state index in [1.54, 1.807) is 0 Å². The van der Waals surface area contributed by atoms with E-state index in [0.717, 1.165) is 6.07 Å². The highest BCUT2D eigenvalue weighted by atomic mass is 35.5. The zero-order valence-corrected chi connectivity index (χ0v) is 11.7. The average molecular weight is 279 g/mol. The summed E-state index contributed by atoms with van der Waals surface area (Å²) in [6, 6.07) is 3.76. The van der Waals surface area contributed by atoms with E-state index in [1.165, 1.54) is 12.1 Å². The van der Waals surface area contributed by atoms with Gasteiger partial charge in [0.05, 0.1) is 11.5 Å². The largest absolute Gasteiger partial charge is 0.228 e. The summed E-state index contributed by atoms with van der Waals surface area (Å²) in [6.45, 7) is 5.57. The van der Waals surface area contributed by atoms with E-state index >= 15 is 0 Å². The molecule has 2 nitrogen and oxygen atoms in total. The molecule has 0 bridgehead atoms. The van der Waals surface area contributed by atoms with E-state index < -0.39 is 15.7 Å². The predicted molar refractivity (Wildman–Crippen MR) is 68.4 cm³/mol. The number of hydrogen-bond donors (Lipinski definition) is 0. The van der Waals surface area contributed by atoms with Crippen LogP contribution in [-0.4, -0.2) is 14.2 Å². The Bertz CT molecular complexity index is 504. The fourth-order valence-electron chi connectivity index (χ4n) is 1.59. The third-order valence-electron chi connectivity index (χ3n) is 2.04. The quantitative estimate of drug-likeness (QED) is 0.849. The first kappa shape index (κ1) is 14.5. The molecular weight excluding hydrogens is 263 g/mol. The van der Waals surface area contributed by atoms with Crippen LogP contribution < -0.4 is 0 Å². The smallest absolute Gasteiger partial charge is 0.155 e. The maximum absolute atomic E-state index is 12.8. The Morgan fingerprint density at radius 3 is 2.35 bits per heavy atom. The fourth-order valence-corrected chi connectivity index (χ4v) is 4.05. The molecule has 96 valence electrons. The summed E-state index contributed by atoms with van der Waals surface area (Å²) in [6.07, 6.45) is 0. The van der Waals surface area contributed by atoms with Crippen LogP contribution in [0.3, 0.4) is 0 Å². The van der Waals surface area contributed by atoms with Gasteiger partial charge >= 0.3 is 0 Å². The van der Waals surface area contributed by atoms with Crippen molar-refractivity contribution >= 4 is 21.4 Å². The molecule has 0 saturated heterocycles. The van der Waals surface area contributed by atoms with Gasteiger partial charge in [-0.1, -0.05) is 38.4 Å². The first-order valence-electron chi connectivity index (χ1n) is 5.23. The number of sulfone groups is 1. The summed E-state index contributed by atoms with van der Waals surface area (Å²) < 4.78 is 36.6. The van der Waals surface area contributed by atoms with Gasteiger partial charge in [-0.15, -0.1) is 0 Å². The summed E-state index contributed by atoms with van der Waals surface area (Å²) >= 11 is 5.80. The molecule has 0 heterocycles. The van der Waals surface area contributed by atoms with E-state index in [-0.39, 0.29) is 21.9 Å². The minimum absolute atomic E-state index is 0.0771. The van der Waals surface area contributed by atoms with E-state index in [0.29, 0.717) is 5.56 Å². The van der Waals surface area contributed by atoms with Crippen molar-refractivity contribution in [1.29, 1.82) is 0 Å². The lowest BCUT2D eigenvalue weighted by molar-refractivity contribution is 0.461. The molecule has 0 N–H and O–H groups in total. The summed E-state index contributed by atoms with van der Waals surface area (Å²) in [4.78, 5) is 0. The first-order chi connectivity index (χ1) is 7.59. The molecule has 0 saturated carbocycles. The normalized spacial score (nSPS) is 12.8. The van der Waals surface area contributed by atoms with E-state index in [4.69, 9.17) is 11.6 Å². The Morgan fingerprint density at radius 2 is 1.88 bits per heavy atom. The number of hydrogen-bond acceptors (Lipinski definition) is 2. The molecule has 0 aliphatic carbocycles. The molecule has 0 unspecified atom stereocenters. The van der Waals surface area contributed by atoms with Crippen molar-refractivity contribution in [3.8, 4) is 0 Å². The zero-order chi connectivity index (χ0) is 13.3. The van der Waals surface area contributed by atoms with Crippen LogP contribution in [-0.2, 0) is 15.6 Å². The second-order valence-corrected chi connectivity index (χ2v) is 7.80. The van der Waals surface area contributed by atoms with Gasteiger partial charge in [-0.3, -0.25) is 0 Å². The van der Waals surface area contributed by atoms with Gasteiger partial charge in [-0.2, -0.15) is 0 Å². The highest BCUT2D eigenvalue weighted by Gasteiger charge is 2.22. The van der Waals surface area contributed by atoms with Gasteiger partial charge in [-0.05, 0) is 23.1 Å². The highest BCUT2D eigenvalue weighted by Crippen LogP contribution is 2.23. The van der Waals surface area contributed by atoms with Gasteiger partial charge in [0.15, 0.2) is 9.84 Å². The highest BCUT2D eigenvalue weighted by molar-refractivity contribution is 7.90. The van der Waals surface area contributed by atoms with Gasteiger partial charge in [0.1, 0.15) is 5.82 Å². The Balaban J connectivity index is 2.91. The standard InChI is InChI=1S/C12H16ClFO2S/c1-12(2,3)8-17(15,16)7-9-4-5-10(14)6-11(9)13/h4-6H,7-8H2,1-3H3. The lowest BCUT2D eigenvalue weighted by Crippen LogP contribution is -2.22. The van der Waals surface area contributed by atoms with E-state index in [2.05, 4.69) is 0 Å². The average Bonchev–Trinajstić information content (AvgIpc) is 2.05. The van der Waals surface area contributed by atoms with Gasteiger partial charge < -0.3 is 0 Å². The molecule has 0 fully saturated rings. The third-order valence-corrected chi connectivity index (χ3v) is 4.45. The monoisotopic (exact) mass is 278 g/mol. The minimum Gasteiger partial charge on any atom is -0.228 e. The predicted octanol–water partition coefficient (Wildman–Crippen LogP) is 3.44. The fraction of sp³-hybridized carbons (Fsp3) is 0.500. The van der Waals surface area contributed by atoms with Gasteiger partial charge in [-0.25, -0.2) is 12.8 Å². The van der Waals surface area contributed by atoms with Crippen molar-refractivity contribution in [3.63, 3.8) is 0 Å². The second kappa shape index (κ2) is 4.94. The number of rotatable bonds is 3. The van der Waals surface area contributed by atoms with Crippen molar-refractivity contribution in [2.75, 3.05) is 5.75 Å². The molecule has 0 atom stereocenters. The van der Waals surface area contributed by atoms with E-state index in [1.807, 2.05) is 20.8 Å². The topological polar surface area (TPSA) is 34.1 Å². The van der Waals surface area contributed by atoms with Crippen molar-refractivity contribution in [2.45, 2.75) is 26.5 Å². The maximum atomic E-state index is 12.8. The minimum atomic E-state index is -3.23. The van der Waals surface area contributed by atoms with Crippen LogP contribution in [0.4, 0.5) is 4.39 Å². The summed E-state index contributed by atoms with van der Waals surface area (Å²) in [5.41, 5.74) is 0.142. The molecule has 0 aliphatic heterocycles. The second-order valence-electron chi connectivity index (χ2n) is 5.33. The van der Waals surface area contributed by atoms with Crippen LogP contribution in [0.2, 0.25) is 5.02 Å². The van der Waals surface area contributed by atoms with Crippen LogP contribution in [0.5, 0.6) is 0 Å². The molecule has 0 amide bonds. The van der Waals surface area contributed by atoms with Crippen LogP contribution in [0.15, 0.2) is 18.2 Å². The molecule has 1 aromatic carbocycles. The van der Waals surface area contributed by atoms with Gasteiger partial charge in [0, 0.05) is 5.02 Å². The molecule has 0 radical (unpaired) electrons. The van der Waals surface area contributed by atoms with Gasteiger partial charge in [0.2, 0.25) is 0 Å². The van der Waals surface area contributed by atoms with Crippen molar-refractivity contribution in [1.82, 2.24) is 0 Å². The number of benzene rings is 1. The number of halogens is 2. The van der Waals surface area contributed by atoms with Crippen molar-refractivity contribution < 1.29 is 12.8 Å². The van der Waals surface area contributed by atoms with Crippen LogP contribution in [0.1, 0.15) is 26.3 Å². The Hall–Kier alpha value is -0.610. The summed E-state index contributed by atoms with van der Waals surface area (Å²) in [5.74, 6) is -0.538. The Kier molecular flexibility index (Phi) is 4.20. The zero-order valence-electron chi connectivity index (χ0n) is 10.1. The molecule has 17 heavy (non-hydrogen) atoms. The molecular formula is C12H16ClFO2S. The van der Waals surface area contributed by atoms with Crippen molar-refractivity contribution in [2.24, 2.45) is 5.41 Å². The van der Waals surface area contributed by atoms with Crippen LogP contribution in [0, 0.1) is 11.2 Å². The lowest BCUT2D eigenvalue weighted by Gasteiger charge is -2.18. The first-order valence-corrected chi connectivity index (χ1v) is 7.43. The molecule has 1 aromatic rings. The SMILES string of the molecule is CC(C)(C)CS(=O)(=O)Cc1ccc(F)cc1Cl. The molecule has 0 aromatic heterocycles. The molecule has 1 rings (SSSR count). The van der Waals surface area contributed by atoms with Crippen LogP contribution in [0.25, 0.3) is 0 Å². The summed E-state index contributed by atoms with van der Waals surface area (Å²) in [5, 5.41) is 0.155. The lowest BCUT2D eigenvalue weighted by atomic mass is 10.0. The van der Waals surface area contributed by atoms with E-state index in [9.17, 15) is 12.8 Å². The molecule has 5 heteroatoms. The van der Waals surface area contributed by atoms with Crippen LogP contribution >= 0.6 is 11.6 Å². The molecule has 0 spiro atoms. The molecule has 0 aliphatic rings. The van der Waals surface area contributed by atoms with Gasteiger partial charge in [0.25, 0.3) is 0 Å². The Labute approximate surface area is 107 Å². The summed E-state index contributed by atoms with van der Waals surface area (Å²) in [7, 11) is -3.23. The maximum Gasteiger partial charge on any atom is 0.155 e. The van der Waals surface area contributed by atoms with Crippen molar-refractivity contribution in [3.05, 3.63) is 34.6 Å². The Morgan fingerprint density at radius 1 is 1.29 bits per heavy atom. The third kappa shape index (κ3) is 5.04.